The Labute approximate surface area is 154 Å². The largest absolute Gasteiger partial charge is 0.330 e. The molecule has 0 spiro atoms. The highest BCUT2D eigenvalue weighted by Crippen LogP contribution is 2.26. The van der Waals surface area contributed by atoms with Crippen molar-refractivity contribution in [2.75, 3.05) is 18.6 Å². The van der Waals surface area contributed by atoms with Crippen molar-refractivity contribution in [3.05, 3.63) is 51.8 Å². The van der Waals surface area contributed by atoms with E-state index >= 15 is 0 Å². The van der Waals surface area contributed by atoms with Crippen LogP contribution in [0.1, 0.15) is 35.0 Å². The van der Waals surface area contributed by atoms with Crippen LogP contribution in [0.15, 0.2) is 24.3 Å². The van der Waals surface area contributed by atoms with Gasteiger partial charge in [-0.2, -0.15) is 5.10 Å². The second kappa shape index (κ2) is 7.09. The first-order chi connectivity index (χ1) is 11.8. The first kappa shape index (κ1) is 18.4. The molecule has 7 heteroatoms. The van der Waals surface area contributed by atoms with E-state index in [1.807, 2.05) is 36.7 Å². The number of quaternary nitrogens is 1. The number of hydrogen-bond donors (Lipinski definition) is 1. The van der Waals surface area contributed by atoms with Crippen LogP contribution in [0.3, 0.4) is 0 Å². The lowest BCUT2D eigenvalue weighted by atomic mass is 10.1. The minimum absolute atomic E-state index is 0.0266. The highest BCUT2D eigenvalue weighted by atomic mass is 35.5. The van der Waals surface area contributed by atoms with Gasteiger partial charge in [0.15, 0.2) is 9.84 Å². The van der Waals surface area contributed by atoms with E-state index in [4.69, 9.17) is 11.6 Å². The summed E-state index contributed by atoms with van der Waals surface area (Å²) in [5.74, 6) is 0.472. The number of aryl methyl sites for hydroxylation is 1. The Bertz CT molecular complexity index is 876. The zero-order valence-electron chi connectivity index (χ0n) is 14.9. The van der Waals surface area contributed by atoms with Gasteiger partial charge in [-0.1, -0.05) is 29.8 Å². The van der Waals surface area contributed by atoms with Gasteiger partial charge in [-0.15, -0.1) is 0 Å². The molecule has 1 aliphatic heterocycles. The Morgan fingerprint density at radius 2 is 2.00 bits per heavy atom. The molecule has 0 radical (unpaired) electrons. The van der Waals surface area contributed by atoms with E-state index < -0.39 is 9.84 Å². The number of nitrogens with one attached hydrogen (secondary N) is 1. The van der Waals surface area contributed by atoms with Crippen LogP contribution in [0, 0.1) is 13.8 Å². The second-order valence-corrected chi connectivity index (χ2v) is 9.69. The van der Waals surface area contributed by atoms with Gasteiger partial charge in [0.05, 0.1) is 35.9 Å². The first-order valence-electron chi connectivity index (χ1n) is 8.56. The minimum atomic E-state index is -2.91. The summed E-state index contributed by atoms with van der Waals surface area (Å²) in [4.78, 5) is 1.32. The fraction of sp³-hybridized carbons (Fsp3) is 0.500. The second-order valence-electron chi connectivity index (χ2n) is 7.05. The molecule has 2 aromatic rings. The topological polar surface area (TPSA) is 56.4 Å². The van der Waals surface area contributed by atoms with Crippen LogP contribution < -0.4 is 4.90 Å². The summed E-state index contributed by atoms with van der Waals surface area (Å²) in [7, 11) is -0.775. The van der Waals surface area contributed by atoms with Gasteiger partial charge in [-0.3, -0.25) is 4.68 Å². The maximum absolute atomic E-state index is 11.8. The van der Waals surface area contributed by atoms with Crippen molar-refractivity contribution in [2.45, 2.75) is 39.4 Å². The predicted molar refractivity (Wildman–Crippen MR) is 99.8 cm³/mol. The lowest BCUT2D eigenvalue weighted by molar-refractivity contribution is -0.907. The summed E-state index contributed by atoms with van der Waals surface area (Å²) in [5.41, 5.74) is 4.40. The Morgan fingerprint density at radius 1 is 1.28 bits per heavy atom. The molecule has 1 saturated heterocycles. The molecule has 0 saturated carbocycles. The third-order valence-corrected chi connectivity index (χ3v) is 7.08. The maximum atomic E-state index is 11.8. The van der Waals surface area contributed by atoms with Crippen LogP contribution in [0.2, 0.25) is 5.02 Å². The van der Waals surface area contributed by atoms with Gasteiger partial charge in [0.1, 0.15) is 13.1 Å². The molecular weight excluding hydrogens is 358 g/mol. The van der Waals surface area contributed by atoms with E-state index in [9.17, 15) is 8.42 Å². The molecule has 5 nitrogen and oxygen atoms in total. The number of rotatable bonds is 5. The molecular formula is C18H25ClN3O2S+. The lowest BCUT2D eigenvalue weighted by Crippen LogP contribution is -3.06. The van der Waals surface area contributed by atoms with Crippen LogP contribution in [0.5, 0.6) is 0 Å². The molecule has 0 amide bonds. The summed E-state index contributed by atoms with van der Waals surface area (Å²) in [6.45, 7) is 5.72. The molecule has 1 fully saturated rings. The highest BCUT2D eigenvalue weighted by molar-refractivity contribution is 7.91. The Balaban J connectivity index is 1.76. The fourth-order valence-electron chi connectivity index (χ4n) is 3.61. The summed E-state index contributed by atoms with van der Waals surface area (Å²) in [6, 6.07) is 7.89. The molecule has 2 atom stereocenters. The lowest BCUT2D eigenvalue weighted by Gasteiger charge is -2.16. The Kier molecular flexibility index (Phi) is 5.23. The molecule has 136 valence electrons. The smallest absolute Gasteiger partial charge is 0.152 e. The van der Waals surface area contributed by atoms with Crippen LogP contribution in [0.4, 0.5) is 0 Å². The third-order valence-electron chi connectivity index (χ3n) is 4.96. The first-order valence-corrected chi connectivity index (χ1v) is 10.8. The summed E-state index contributed by atoms with van der Waals surface area (Å²) < 4.78 is 25.5. The Morgan fingerprint density at radius 3 is 2.64 bits per heavy atom. The highest BCUT2D eigenvalue weighted by Gasteiger charge is 2.31. The van der Waals surface area contributed by atoms with Gasteiger partial charge in [0, 0.05) is 16.3 Å². The van der Waals surface area contributed by atoms with E-state index in [-0.39, 0.29) is 17.5 Å². The molecule has 1 aromatic heterocycles. The molecule has 1 N–H and O–H groups in total. The van der Waals surface area contributed by atoms with Crippen molar-refractivity contribution in [3.63, 3.8) is 0 Å². The fourth-order valence-corrected chi connectivity index (χ4v) is 5.50. The van der Waals surface area contributed by atoms with Gasteiger partial charge < -0.3 is 4.90 Å². The van der Waals surface area contributed by atoms with Crippen molar-refractivity contribution in [3.8, 4) is 0 Å². The van der Waals surface area contributed by atoms with E-state index in [2.05, 4.69) is 18.2 Å². The van der Waals surface area contributed by atoms with Crippen LogP contribution in [0.25, 0.3) is 0 Å². The summed E-state index contributed by atoms with van der Waals surface area (Å²) in [5, 5.41) is 5.44. The van der Waals surface area contributed by atoms with Gasteiger partial charge in [0.2, 0.25) is 0 Å². The SMILES string of the molecule is Cc1nn([C@@H]2CCS(=O)(=O)C2)c(C)c1C[NH+](C)Cc1ccccc1Cl. The predicted octanol–water partition coefficient (Wildman–Crippen LogP) is 1.73. The molecule has 2 heterocycles. The van der Waals surface area contributed by atoms with Gasteiger partial charge in [-0.05, 0) is 26.3 Å². The molecule has 3 rings (SSSR count). The molecule has 1 unspecified atom stereocenters. The molecule has 0 aliphatic carbocycles. The maximum Gasteiger partial charge on any atom is 0.152 e. The third kappa shape index (κ3) is 4.07. The van der Waals surface area contributed by atoms with Crippen molar-refractivity contribution < 1.29 is 13.3 Å². The average Bonchev–Trinajstić information content (AvgIpc) is 3.03. The number of hydrogen-bond acceptors (Lipinski definition) is 3. The van der Waals surface area contributed by atoms with Gasteiger partial charge >= 0.3 is 0 Å². The molecule has 1 aliphatic rings. The average molecular weight is 383 g/mol. The Hall–Kier alpha value is -1.37. The zero-order valence-corrected chi connectivity index (χ0v) is 16.5. The zero-order chi connectivity index (χ0) is 18.2. The van der Waals surface area contributed by atoms with Crippen LogP contribution in [-0.4, -0.2) is 36.8 Å². The minimum Gasteiger partial charge on any atom is -0.330 e. The number of sulfone groups is 1. The number of halogens is 1. The van der Waals surface area contributed by atoms with Crippen LogP contribution in [-0.2, 0) is 22.9 Å². The molecule has 25 heavy (non-hydrogen) atoms. The molecule has 0 bridgehead atoms. The van der Waals surface area contributed by atoms with E-state index in [1.54, 1.807) is 0 Å². The summed E-state index contributed by atoms with van der Waals surface area (Å²) >= 11 is 6.26. The monoisotopic (exact) mass is 382 g/mol. The quantitative estimate of drug-likeness (QED) is 0.856. The van der Waals surface area contributed by atoms with Gasteiger partial charge in [0.25, 0.3) is 0 Å². The number of nitrogens with zero attached hydrogens (tertiary/aromatic N) is 2. The number of benzene rings is 1. The normalized spacial score (nSPS) is 20.7. The van der Waals surface area contributed by atoms with Crippen molar-refractivity contribution in [1.82, 2.24) is 9.78 Å². The summed E-state index contributed by atoms with van der Waals surface area (Å²) in [6.07, 6.45) is 0.659. The standard InChI is InChI=1S/C18H24ClN3O2S/c1-13-17(11-21(3)10-15-6-4-5-7-18(15)19)14(2)22(20-13)16-8-9-25(23,24)12-16/h4-7,16H,8-12H2,1-3H3/p+1/t16-/m1/s1. The molecule has 1 aromatic carbocycles. The van der Waals surface area contributed by atoms with E-state index in [1.165, 1.54) is 10.5 Å². The van der Waals surface area contributed by atoms with Crippen molar-refractivity contribution in [1.29, 1.82) is 0 Å². The van der Waals surface area contributed by atoms with Gasteiger partial charge in [-0.25, -0.2) is 8.42 Å². The van der Waals surface area contributed by atoms with Crippen molar-refractivity contribution >= 4 is 21.4 Å². The number of aromatic nitrogens is 2. The van der Waals surface area contributed by atoms with Crippen molar-refractivity contribution in [2.24, 2.45) is 0 Å². The van der Waals surface area contributed by atoms with Crippen LogP contribution >= 0.6 is 11.6 Å². The van der Waals surface area contributed by atoms with E-state index in [0.717, 1.165) is 35.1 Å². The van der Waals surface area contributed by atoms with E-state index in [0.29, 0.717) is 6.42 Å².